The molecule has 0 N–H and O–H groups in total. The van der Waals surface area contributed by atoms with Crippen LogP contribution in [-0.2, 0) is 18.9 Å². The normalized spacial score (nSPS) is 26.4. The fourth-order valence-electron chi connectivity index (χ4n) is 3.13. The highest BCUT2D eigenvalue weighted by Gasteiger charge is 2.24. The summed E-state index contributed by atoms with van der Waals surface area (Å²) in [6.45, 7) is 12.3. The summed E-state index contributed by atoms with van der Waals surface area (Å²) in [7, 11) is -1.38. The van der Waals surface area contributed by atoms with E-state index in [0.29, 0.717) is 6.42 Å². The van der Waals surface area contributed by atoms with E-state index in [4.69, 9.17) is 18.9 Å². The Morgan fingerprint density at radius 1 is 1.04 bits per heavy atom. The molecule has 2 heterocycles. The lowest BCUT2D eigenvalue weighted by Gasteiger charge is -2.30. The Morgan fingerprint density at radius 3 is 2.15 bits per heavy atom. The lowest BCUT2D eigenvalue weighted by molar-refractivity contribution is -0.207. The van der Waals surface area contributed by atoms with E-state index >= 15 is 0 Å². The molecule has 2 rings (SSSR count). The van der Waals surface area contributed by atoms with Crippen molar-refractivity contribution in [1.82, 2.24) is 0 Å². The van der Waals surface area contributed by atoms with Gasteiger partial charge in [0.25, 0.3) is 0 Å². The van der Waals surface area contributed by atoms with E-state index in [1.807, 2.05) is 6.08 Å². The molecule has 0 aliphatic carbocycles. The van der Waals surface area contributed by atoms with Crippen molar-refractivity contribution >= 4 is 8.07 Å². The molecule has 0 saturated carbocycles. The minimum Gasteiger partial charge on any atom is -0.353 e. The molecule has 148 valence electrons. The van der Waals surface area contributed by atoms with E-state index in [2.05, 4.69) is 37.7 Å². The summed E-state index contributed by atoms with van der Waals surface area (Å²) in [5, 5.41) is 0. The van der Waals surface area contributed by atoms with Crippen molar-refractivity contribution in [2.45, 2.75) is 95.8 Å². The molecule has 0 aromatic carbocycles. The van der Waals surface area contributed by atoms with Crippen LogP contribution in [0.2, 0.25) is 19.6 Å². The minimum atomic E-state index is -1.38. The highest BCUT2D eigenvalue weighted by molar-refractivity contribution is 6.83. The van der Waals surface area contributed by atoms with Crippen LogP contribution in [-0.4, -0.2) is 46.1 Å². The Balaban J connectivity index is 1.92. The molecule has 0 spiro atoms. The molecule has 0 aromatic rings. The van der Waals surface area contributed by atoms with Crippen molar-refractivity contribution in [1.29, 1.82) is 0 Å². The minimum absolute atomic E-state index is 0.00598. The van der Waals surface area contributed by atoms with Gasteiger partial charge in [-0.05, 0) is 38.5 Å². The van der Waals surface area contributed by atoms with Gasteiger partial charge in [0.1, 0.15) is 8.07 Å². The van der Waals surface area contributed by atoms with Crippen LogP contribution in [0.1, 0.15) is 51.4 Å². The van der Waals surface area contributed by atoms with Crippen LogP contribution >= 0.6 is 0 Å². The van der Waals surface area contributed by atoms with Gasteiger partial charge < -0.3 is 18.9 Å². The highest BCUT2D eigenvalue weighted by atomic mass is 28.3. The lowest BCUT2D eigenvalue weighted by Crippen LogP contribution is -2.33. The molecule has 0 aromatic heterocycles. The second-order valence-electron chi connectivity index (χ2n) is 8.25. The first-order chi connectivity index (χ1) is 12.5. The predicted octanol–water partition coefficient (Wildman–Crippen LogP) is 4.66. The van der Waals surface area contributed by atoms with Crippen LogP contribution < -0.4 is 0 Å². The van der Waals surface area contributed by atoms with Crippen LogP contribution in [0.15, 0.2) is 12.7 Å². The summed E-state index contributed by atoms with van der Waals surface area (Å²) >= 11 is 0. The monoisotopic (exact) mass is 380 g/mol. The van der Waals surface area contributed by atoms with Gasteiger partial charge in [-0.25, -0.2) is 0 Å². The van der Waals surface area contributed by atoms with Crippen molar-refractivity contribution in [2.75, 3.05) is 13.2 Å². The van der Waals surface area contributed by atoms with E-state index in [1.54, 1.807) is 0 Å². The summed E-state index contributed by atoms with van der Waals surface area (Å²) in [5.41, 5.74) is 3.44. The second kappa shape index (κ2) is 11.3. The zero-order valence-electron chi connectivity index (χ0n) is 16.8. The Bertz CT molecular complexity index is 465. The Hall–Kier alpha value is -0.643. The molecule has 5 heteroatoms. The van der Waals surface area contributed by atoms with Gasteiger partial charge in [0.2, 0.25) is 0 Å². The van der Waals surface area contributed by atoms with Crippen LogP contribution in [0.4, 0.5) is 0 Å². The molecule has 2 aliphatic rings. The van der Waals surface area contributed by atoms with E-state index in [9.17, 15) is 0 Å². The van der Waals surface area contributed by atoms with Crippen molar-refractivity contribution < 1.29 is 18.9 Å². The predicted molar refractivity (Wildman–Crippen MR) is 107 cm³/mol. The van der Waals surface area contributed by atoms with Gasteiger partial charge >= 0.3 is 0 Å². The summed E-state index contributed by atoms with van der Waals surface area (Å²) in [4.78, 5) is 0. The third-order valence-corrected chi connectivity index (χ3v) is 5.42. The Labute approximate surface area is 160 Å². The summed E-state index contributed by atoms with van der Waals surface area (Å²) < 4.78 is 23.8. The van der Waals surface area contributed by atoms with Gasteiger partial charge in [0.15, 0.2) is 12.6 Å². The molecule has 2 fully saturated rings. The summed E-state index contributed by atoms with van der Waals surface area (Å²) in [5.74, 6) is 3.36. The molecule has 0 radical (unpaired) electrons. The molecule has 2 aliphatic heterocycles. The second-order valence-corrected chi connectivity index (χ2v) is 13.0. The standard InChI is InChI=1S/C21H36O4Si/c1-5-18(24-20-12-6-8-14-22-20)17-19(11-10-16-26(2,3)4)25-21-13-7-9-15-23-21/h5,18-21H,1,6-9,11-15,17H2,2-4H3/t18-,19+,20?,21?/m0/s1. The third-order valence-electron chi connectivity index (χ3n) is 4.50. The molecule has 2 unspecified atom stereocenters. The first kappa shape index (κ1) is 21.7. The van der Waals surface area contributed by atoms with E-state index in [1.165, 1.54) is 0 Å². The quantitative estimate of drug-likeness (QED) is 0.349. The van der Waals surface area contributed by atoms with E-state index < -0.39 is 8.07 Å². The lowest BCUT2D eigenvalue weighted by atomic mass is 10.1. The summed E-state index contributed by atoms with van der Waals surface area (Å²) in [6, 6.07) is 0. The van der Waals surface area contributed by atoms with Gasteiger partial charge in [-0.3, -0.25) is 0 Å². The zero-order chi connectivity index (χ0) is 18.8. The fourth-order valence-corrected chi connectivity index (χ4v) is 3.76. The maximum Gasteiger partial charge on any atom is 0.158 e. The largest absolute Gasteiger partial charge is 0.353 e. The molecule has 26 heavy (non-hydrogen) atoms. The highest BCUT2D eigenvalue weighted by Crippen LogP contribution is 2.22. The number of hydrogen-bond donors (Lipinski definition) is 0. The average molecular weight is 381 g/mol. The maximum atomic E-state index is 6.25. The molecular formula is C21H36O4Si. The molecular weight excluding hydrogens is 344 g/mol. The molecule has 4 atom stereocenters. The first-order valence-electron chi connectivity index (χ1n) is 10.1. The van der Waals surface area contributed by atoms with Crippen LogP contribution in [0.5, 0.6) is 0 Å². The van der Waals surface area contributed by atoms with Crippen LogP contribution in [0, 0.1) is 11.5 Å². The molecule has 4 nitrogen and oxygen atoms in total. The number of ether oxygens (including phenoxy) is 4. The number of hydrogen-bond acceptors (Lipinski definition) is 4. The molecule has 0 bridgehead atoms. The Kier molecular flexibility index (Phi) is 9.38. The fraction of sp³-hybridized carbons (Fsp3) is 0.810. The van der Waals surface area contributed by atoms with E-state index in [-0.39, 0.29) is 24.8 Å². The molecule has 0 amide bonds. The SMILES string of the molecule is C=C[C@@H](C[C@@H](CC#C[Si](C)(C)C)OC1CCCCO1)OC1CCCCO1. The third kappa shape index (κ3) is 8.83. The van der Waals surface area contributed by atoms with Crippen molar-refractivity contribution in [3.8, 4) is 11.5 Å². The topological polar surface area (TPSA) is 36.9 Å². The first-order valence-corrected chi connectivity index (χ1v) is 13.6. The van der Waals surface area contributed by atoms with Gasteiger partial charge in [-0.1, -0.05) is 25.7 Å². The zero-order valence-corrected chi connectivity index (χ0v) is 17.8. The van der Waals surface area contributed by atoms with E-state index in [0.717, 1.165) is 58.2 Å². The van der Waals surface area contributed by atoms with Gasteiger partial charge in [0.05, 0.1) is 12.2 Å². The van der Waals surface area contributed by atoms with Crippen molar-refractivity contribution in [3.05, 3.63) is 12.7 Å². The van der Waals surface area contributed by atoms with Crippen LogP contribution in [0.3, 0.4) is 0 Å². The van der Waals surface area contributed by atoms with Crippen molar-refractivity contribution in [3.63, 3.8) is 0 Å². The van der Waals surface area contributed by atoms with Crippen molar-refractivity contribution in [2.24, 2.45) is 0 Å². The summed E-state index contributed by atoms with van der Waals surface area (Å²) in [6.07, 6.45) is 9.48. The maximum absolute atomic E-state index is 6.25. The smallest absolute Gasteiger partial charge is 0.158 e. The van der Waals surface area contributed by atoms with Gasteiger partial charge in [0, 0.05) is 26.1 Å². The Morgan fingerprint density at radius 2 is 1.65 bits per heavy atom. The molecule has 2 saturated heterocycles. The van der Waals surface area contributed by atoms with Crippen LogP contribution in [0.25, 0.3) is 0 Å². The van der Waals surface area contributed by atoms with Gasteiger partial charge in [-0.2, -0.15) is 0 Å². The number of rotatable bonds is 8. The van der Waals surface area contributed by atoms with Gasteiger partial charge in [-0.15, -0.1) is 18.0 Å². The average Bonchev–Trinajstić information content (AvgIpc) is 2.61.